The highest BCUT2D eigenvalue weighted by Gasteiger charge is 2.16. The summed E-state index contributed by atoms with van der Waals surface area (Å²) in [5.74, 6) is 0.505. The Hall–Kier alpha value is -1.65. The summed E-state index contributed by atoms with van der Waals surface area (Å²) in [4.78, 5) is 20.1. The van der Waals surface area contributed by atoms with E-state index in [2.05, 4.69) is 27.5 Å². The Kier molecular flexibility index (Phi) is 5.07. The SMILES string of the molecule is CCCCNc1cnc(C(=O)NC(C)(C)C)cn1. The van der Waals surface area contributed by atoms with Crippen LogP contribution in [0.2, 0.25) is 0 Å². The van der Waals surface area contributed by atoms with E-state index in [-0.39, 0.29) is 11.4 Å². The van der Waals surface area contributed by atoms with E-state index in [4.69, 9.17) is 0 Å². The topological polar surface area (TPSA) is 66.9 Å². The van der Waals surface area contributed by atoms with Crippen LogP contribution in [0, 0.1) is 0 Å². The largest absolute Gasteiger partial charge is 0.369 e. The van der Waals surface area contributed by atoms with E-state index in [9.17, 15) is 4.79 Å². The number of hydrogen-bond donors (Lipinski definition) is 2. The fourth-order valence-electron chi connectivity index (χ4n) is 1.33. The average Bonchev–Trinajstić information content (AvgIpc) is 2.28. The van der Waals surface area contributed by atoms with Crippen molar-refractivity contribution in [1.29, 1.82) is 0 Å². The quantitative estimate of drug-likeness (QED) is 0.786. The highest BCUT2D eigenvalue weighted by molar-refractivity contribution is 5.92. The Morgan fingerprint density at radius 1 is 1.28 bits per heavy atom. The van der Waals surface area contributed by atoms with Crippen molar-refractivity contribution in [2.45, 2.75) is 46.1 Å². The van der Waals surface area contributed by atoms with Gasteiger partial charge in [-0.2, -0.15) is 0 Å². The van der Waals surface area contributed by atoms with Crippen molar-refractivity contribution < 1.29 is 4.79 Å². The lowest BCUT2D eigenvalue weighted by atomic mass is 10.1. The monoisotopic (exact) mass is 250 g/mol. The van der Waals surface area contributed by atoms with Crippen LogP contribution in [0.4, 0.5) is 5.82 Å². The fraction of sp³-hybridized carbons (Fsp3) is 0.615. The van der Waals surface area contributed by atoms with E-state index in [1.54, 1.807) is 6.20 Å². The third-order valence-corrected chi connectivity index (χ3v) is 2.21. The van der Waals surface area contributed by atoms with Gasteiger partial charge in [0.1, 0.15) is 11.5 Å². The molecule has 0 fully saturated rings. The molecule has 0 aliphatic carbocycles. The molecule has 0 aromatic carbocycles. The molecule has 5 nitrogen and oxygen atoms in total. The number of aromatic nitrogens is 2. The smallest absolute Gasteiger partial charge is 0.271 e. The molecule has 0 radical (unpaired) electrons. The van der Waals surface area contributed by atoms with Crippen LogP contribution >= 0.6 is 0 Å². The first-order chi connectivity index (χ1) is 8.42. The predicted octanol–water partition coefficient (Wildman–Crippen LogP) is 2.22. The minimum absolute atomic E-state index is 0.199. The van der Waals surface area contributed by atoms with Crippen molar-refractivity contribution in [3.05, 3.63) is 18.1 Å². The van der Waals surface area contributed by atoms with Gasteiger partial charge in [0.25, 0.3) is 5.91 Å². The number of unbranched alkanes of at least 4 members (excludes halogenated alkanes) is 1. The normalized spacial score (nSPS) is 11.1. The molecule has 1 rings (SSSR count). The zero-order chi connectivity index (χ0) is 13.6. The van der Waals surface area contributed by atoms with Gasteiger partial charge < -0.3 is 10.6 Å². The Morgan fingerprint density at radius 3 is 2.50 bits per heavy atom. The van der Waals surface area contributed by atoms with Gasteiger partial charge in [-0.15, -0.1) is 0 Å². The number of carbonyl (C=O) groups is 1. The minimum atomic E-state index is -0.267. The lowest BCUT2D eigenvalue weighted by Gasteiger charge is -2.19. The molecule has 0 saturated heterocycles. The molecule has 0 aliphatic rings. The van der Waals surface area contributed by atoms with E-state index in [0.717, 1.165) is 19.4 Å². The Labute approximate surface area is 108 Å². The molecule has 100 valence electrons. The molecule has 2 N–H and O–H groups in total. The maximum atomic E-state index is 11.8. The lowest BCUT2D eigenvalue weighted by molar-refractivity contribution is 0.0914. The number of nitrogens with one attached hydrogen (secondary N) is 2. The van der Waals surface area contributed by atoms with Gasteiger partial charge in [-0.1, -0.05) is 13.3 Å². The maximum absolute atomic E-state index is 11.8. The number of nitrogens with zero attached hydrogens (tertiary/aromatic N) is 2. The summed E-state index contributed by atoms with van der Waals surface area (Å²) < 4.78 is 0. The molecule has 1 amide bonds. The molecule has 0 saturated carbocycles. The molecule has 0 bridgehead atoms. The zero-order valence-electron chi connectivity index (χ0n) is 11.6. The summed E-state index contributed by atoms with van der Waals surface area (Å²) in [6.07, 6.45) is 5.31. The fourth-order valence-corrected chi connectivity index (χ4v) is 1.33. The Morgan fingerprint density at radius 2 is 2.00 bits per heavy atom. The van der Waals surface area contributed by atoms with Crippen LogP contribution in [0.3, 0.4) is 0 Å². The molecule has 0 atom stereocenters. The molecule has 0 spiro atoms. The van der Waals surface area contributed by atoms with Crippen molar-refractivity contribution in [3.8, 4) is 0 Å². The van der Waals surface area contributed by atoms with Crippen LogP contribution in [-0.2, 0) is 0 Å². The number of hydrogen-bond acceptors (Lipinski definition) is 4. The zero-order valence-corrected chi connectivity index (χ0v) is 11.6. The van der Waals surface area contributed by atoms with Gasteiger partial charge in [-0.25, -0.2) is 9.97 Å². The number of amides is 1. The molecule has 1 heterocycles. The summed E-state index contributed by atoms with van der Waals surface area (Å²) in [7, 11) is 0. The summed E-state index contributed by atoms with van der Waals surface area (Å²) in [6.45, 7) is 8.79. The summed E-state index contributed by atoms with van der Waals surface area (Å²) in [5.41, 5.74) is 0.0718. The third-order valence-electron chi connectivity index (χ3n) is 2.21. The van der Waals surface area contributed by atoms with E-state index < -0.39 is 0 Å². The first-order valence-corrected chi connectivity index (χ1v) is 6.31. The van der Waals surface area contributed by atoms with Crippen LogP contribution in [0.1, 0.15) is 51.0 Å². The summed E-state index contributed by atoms with van der Waals surface area (Å²) >= 11 is 0. The second kappa shape index (κ2) is 6.33. The molecule has 18 heavy (non-hydrogen) atoms. The van der Waals surface area contributed by atoms with Crippen molar-refractivity contribution in [3.63, 3.8) is 0 Å². The van der Waals surface area contributed by atoms with Gasteiger partial charge in [0.15, 0.2) is 0 Å². The van der Waals surface area contributed by atoms with Gasteiger partial charge in [0.05, 0.1) is 12.4 Å². The highest BCUT2D eigenvalue weighted by atomic mass is 16.2. The molecular weight excluding hydrogens is 228 g/mol. The molecule has 0 aliphatic heterocycles. The molecular formula is C13H22N4O. The van der Waals surface area contributed by atoms with Gasteiger partial charge in [0, 0.05) is 12.1 Å². The van der Waals surface area contributed by atoms with Gasteiger partial charge in [-0.05, 0) is 27.2 Å². The van der Waals surface area contributed by atoms with E-state index >= 15 is 0 Å². The number of carbonyl (C=O) groups excluding carboxylic acids is 1. The average molecular weight is 250 g/mol. The number of rotatable bonds is 5. The molecule has 1 aromatic rings. The number of anilines is 1. The van der Waals surface area contributed by atoms with E-state index in [1.165, 1.54) is 6.20 Å². The Balaban J connectivity index is 2.57. The van der Waals surface area contributed by atoms with Crippen LogP contribution in [0.5, 0.6) is 0 Å². The van der Waals surface area contributed by atoms with E-state index in [0.29, 0.717) is 11.5 Å². The first-order valence-electron chi connectivity index (χ1n) is 6.31. The van der Waals surface area contributed by atoms with Crippen molar-refractivity contribution in [1.82, 2.24) is 15.3 Å². The molecule has 0 unspecified atom stereocenters. The predicted molar refractivity (Wildman–Crippen MR) is 72.6 cm³/mol. The minimum Gasteiger partial charge on any atom is -0.369 e. The standard InChI is InChI=1S/C13H22N4O/c1-5-6-7-14-11-9-15-10(8-16-11)12(18)17-13(2,3)4/h8-9H,5-7H2,1-4H3,(H,14,16)(H,17,18). The van der Waals surface area contributed by atoms with E-state index in [1.807, 2.05) is 20.8 Å². The van der Waals surface area contributed by atoms with Gasteiger partial charge >= 0.3 is 0 Å². The first kappa shape index (κ1) is 14.4. The van der Waals surface area contributed by atoms with Crippen LogP contribution in [0.15, 0.2) is 12.4 Å². The van der Waals surface area contributed by atoms with Gasteiger partial charge in [0.2, 0.25) is 0 Å². The van der Waals surface area contributed by atoms with Crippen molar-refractivity contribution in [2.75, 3.05) is 11.9 Å². The summed E-state index contributed by atoms with van der Waals surface area (Å²) in [6, 6.07) is 0. The summed E-state index contributed by atoms with van der Waals surface area (Å²) in [5, 5.41) is 6.00. The van der Waals surface area contributed by atoms with Crippen molar-refractivity contribution in [2.24, 2.45) is 0 Å². The lowest BCUT2D eigenvalue weighted by Crippen LogP contribution is -2.40. The van der Waals surface area contributed by atoms with Crippen LogP contribution in [-0.4, -0.2) is 28.0 Å². The second-order valence-corrected chi connectivity index (χ2v) is 5.27. The molecule has 1 aromatic heterocycles. The molecule has 5 heteroatoms. The maximum Gasteiger partial charge on any atom is 0.271 e. The highest BCUT2D eigenvalue weighted by Crippen LogP contribution is 2.04. The van der Waals surface area contributed by atoms with Gasteiger partial charge in [-0.3, -0.25) is 4.79 Å². The van der Waals surface area contributed by atoms with Crippen LogP contribution in [0.25, 0.3) is 0 Å². The Bertz CT molecular complexity index is 381. The third kappa shape index (κ3) is 5.12. The van der Waals surface area contributed by atoms with Crippen LogP contribution < -0.4 is 10.6 Å². The van der Waals surface area contributed by atoms with Crippen molar-refractivity contribution >= 4 is 11.7 Å². The second-order valence-electron chi connectivity index (χ2n) is 5.27.